The molecule has 9 nitrogen and oxygen atoms in total. The molecule has 3 aromatic carbocycles. The second kappa shape index (κ2) is 14.7. The van der Waals surface area contributed by atoms with Gasteiger partial charge in [-0.15, -0.1) is 11.3 Å². The van der Waals surface area contributed by atoms with Gasteiger partial charge in [0.2, 0.25) is 0 Å². The fourth-order valence-corrected chi connectivity index (χ4v) is 5.38. The van der Waals surface area contributed by atoms with Crippen molar-refractivity contribution in [1.29, 1.82) is 0 Å². The van der Waals surface area contributed by atoms with E-state index >= 15 is 0 Å². The Hall–Kier alpha value is -4.91. The third kappa shape index (κ3) is 11.1. The maximum atomic E-state index is 13.6. The van der Waals surface area contributed by atoms with Gasteiger partial charge in [0.15, 0.2) is 5.13 Å². The van der Waals surface area contributed by atoms with Crippen molar-refractivity contribution in [2.45, 2.75) is 78.6 Å². The van der Waals surface area contributed by atoms with E-state index in [9.17, 15) is 27.6 Å². The average Bonchev–Trinajstić information content (AvgIpc) is 3.41. The lowest BCUT2D eigenvalue weighted by Crippen LogP contribution is -2.42. The van der Waals surface area contributed by atoms with Gasteiger partial charge in [-0.1, -0.05) is 29.8 Å². The Labute approximate surface area is 287 Å². The highest BCUT2D eigenvalue weighted by Crippen LogP contribution is 2.33. The molecule has 0 aliphatic heterocycles. The predicted octanol–water partition coefficient (Wildman–Crippen LogP) is 9.41. The van der Waals surface area contributed by atoms with Gasteiger partial charge in [0.05, 0.1) is 11.3 Å². The van der Waals surface area contributed by atoms with Crippen LogP contribution in [0.5, 0.6) is 5.75 Å². The topological polar surface area (TPSA) is 119 Å². The minimum atomic E-state index is -4.48. The fraction of sp³-hybridized carbons (Fsp3) is 0.333. The van der Waals surface area contributed by atoms with Crippen molar-refractivity contribution in [3.05, 3.63) is 94.0 Å². The summed E-state index contributed by atoms with van der Waals surface area (Å²) < 4.78 is 50.4. The second-order valence-electron chi connectivity index (χ2n) is 13.4. The van der Waals surface area contributed by atoms with Crippen molar-refractivity contribution in [2.75, 3.05) is 10.6 Å². The van der Waals surface area contributed by atoms with Crippen LogP contribution in [0.4, 0.5) is 33.6 Å². The highest BCUT2D eigenvalue weighted by Gasteiger charge is 2.30. The third-order valence-electron chi connectivity index (χ3n) is 6.75. The zero-order valence-electron chi connectivity index (χ0n) is 28.3. The summed E-state index contributed by atoms with van der Waals surface area (Å²) in [5.41, 5.74) is 1.73. The minimum absolute atomic E-state index is 0.268. The highest BCUT2D eigenvalue weighted by atomic mass is 32.1. The zero-order valence-corrected chi connectivity index (χ0v) is 29.1. The molecule has 0 saturated heterocycles. The largest absolute Gasteiger partial charge is 0.444 e. The average molecular weight is 697 g/mol. The molecule has 0 unspecified atom stereocenters. The second-order valence-corrected chi connectivity index (χ2v) is 14.3. The van der Waals surface area contributed by atoms with E-state index in [1.165, 1.54) is 23.5 Å². The number of ether oxygens (including phenoxy) is 2. The number of alkyl halides is 3. The first-order valence-corrected chi connectivity index (χ1v) is 16.3. The molecule has 0 bridgehead atoms. The predicted molar refractivity (Wildman–Crippen MR) is 184 cm³/mol. The summed E-state index contributed by atoms with van der Waals surface area (Å²) >= 11 is 1.24. The van der Waals surface area contributed by atoms with Crippen LogP contribution < -0.4 is 20.7 Å². The van der Waals surface area contributed by atoms with Crippen molar-refractivity contribution < 1.29 is 37.0 Å². The summed E-state index contributed by atoms with van der Waals surface area (Å²) in [6.07, 6.45) is -4.97. The molecule has 0 aliphatic rings. The molecule has 0 radical (unpaired) electrons. The van der Waals surface area contributed by atoms with Crippen LogP contribution in [-0.2, 0) is 23.8 Å². The van der Waals surface area contributed by atoms with Crippen LogP contribution in [0.2, 0.25) is 0 Å². The Bertz CT molecular complexity index is 1820. The van der Waals surface area contributed by atoms with E-state index in [1.807, 2.05) is 27.7 Å². The molecule has 0 saturated carbocycles. The van der Waals surface area contributed by atoms with Gasteiger partial charge < -0.3 is 20.1 Å². The van der Waals surface area contributed by atoms with Crippen LogP contribution in [0.15, 0.2) is 66.0 Å². The molecule has 4 aromatic rings. The molecule has 0 aliphatic carbocycles. The third-order valence-corrected chi connectivity index (χ3v) is 7.56. The number of aryl methyl sites for hydroxylation is 3. The lowest BCUT2D eigenvalue weighted by molar-refractivity contribution is -0.137. The fourth-order valence-electron chi connectivity index (χ4n) is 4.65. The van der Waals surface area contributed by atoms with Crippen LogP contribution in [0.3, 0.4) is 0 Å². The number of halogens is 3. The first kappa shape index (κ1) is 36.9. The molecule has 1 heterocycles. The monoisotopic (exact) mass is 696 g/mol. The number of hydrogen-bond donors (Lipinski definition) is 3. The quantitative estimate of drug-likeness (QED) is 0.169. The number of anilines is 2. The number of nitrogens with one attached hydrogen (secondary N) is 3. The van der Waals surface area contributed by atoms with Gasteiger partial charge in [-0.2, -0.15) is 13.2 Å². The van der Waals surface area contributed by atoms with E-state index in [1.54, 1.807) is 62.5 Å². The Morgan fingerprint density at radius 2 is 1.53 bits per heavy atom. The van der Waals surface area contributed by atoms with Crippen LogP contribution in [0.1, 0.15) is 74.3 Å². The smallest absolute Gasteiger partial charge is 0.416 e. The van der Waals surface area contributed by atoms with Crippen LogP contribution in [-0.4, -0.2) is 34.2 Å². The van der Waals surface area contributed by atoms with Gasteiger partial charge >= 0.3 is 18.4 Å². The SMILES string of the molecule is Cc1ccc(C(=O)Nc2ccc(OC(=O)NC(C)(C)C)c(CCc3csc(NC(=O)OC(C)(C)C)n3)c2)c(-c2ccc(C(F)(F)F)cc2)c1. The van der Waals surface area contributed by atoms with Crippen molar-refractivity contribution in [3.8, 4) is 16.9 Å². The minimum Gasteiger partial charge on any atom is -0.444 e. The zero-order chi connectivity index (χ0) is 36.1. The molecule has 13 heteroatoms. The molecule has 260 valence electrons. The molecule has 1 aromatic heterocycles. The molecule has 0 atom stereocenters. The van der Waals surface area contributed by atoms with Crippen LogP contribution >= 0.6 is 11.3 Å². The number of thiazole rings is 1. The molecule has 3 N–H and O–H groups in total. The van der Waals surface area contributed by atoms with E-state index < -0.39 is 41.0 Å². The molecule has 3 amide bonds. The lowest BCUT2D eigenvalue weighted by atomic mass is 9.96. The molecule has 49 heavy (non-hydrogen) atoms. The van der Waals surface area contributed by atoms with E-state index in [2.05, 4.69) is 20.9 Å². The van der Waals surface area contributed by atoms with E-state index in [0.29, 0.717) is 46.0 Å². The first-order valence-electron chi connectivity index (χ1n) is 15.4. The van der Waals surface area contributed by atoms with Crippen molar-refractivity contribution >= 4 is 40.2 Å². The van der Waals surface area contributed by atoms with Gasteiger partial charge in [0.1, 0.15) is 11.4 Å². The number of carbonyl (C=O) groups is 3. The van der Waals surface area contributed by atoms with Gasteiger partial charge in [0.25, 0.3) is 5.91 Å². The Morgan fingerprint density at radius 3 is 2.16 bits per heavy atom. The summed E-state index contributed by atoms with van der Waals surface area (Å²) in [6.45, 7) is 12.6. The normalized spacial score (nSPS) is 11.9. The van der Waals surface area contributed by atoms with Crippen LogP contribution in [0, 0.1) is 6.92 Å². The Balaban J connectivity index is 1.57. The standard InChI is InChI=1S/C36H39F3N4O5S/c1-21-8-16-27(28(18-21)22-9-12-24(13-10-22)36(37,38)39)30(44)40-25-15-17-29(47-33(46)43-34(2,3)4)23(19-25)11-14-26-20-49-31(41-26)42-32(45)48-35(5,6)7/h8-10,12-13,15-20H,11,14H2,1-7H3,(H,40,44)(H,43,46)(H,41,42,45). The first-order chi connectivity index (χ1) is 22.8. The van der Waals surface area contributed by atoms with E-state index in [0.717, 1.165) is 17.7 Å². The lowest BCUT2D eigenvalue weighted by Gasteiger charge is -2.21. The van der Waals surface area contributed by atoms with Gasteiger partial charge in [0, 0.05) is 22.2 Å². The summed E-state index contributed by atoms with van der Waals surface area (Å²) in [7, 11) is 0. The molecular formula is C36H39F3N4O5S. The van der Waals surface area contributed by atoms with Crippen LogP contribution in [0.25, 0.3) is 11.1 Å². The van der Waals surface area contributed by atoms with Gasteiger partial charge in [-0.25, -0.2) is 14.6 Å². The van der Waals surface area contributed by atoms with E-state index in [4.69, 9.17) is 9.47 Å². The number of nitrogens with zero attached hydrogens (tertiary/aromatic N) is 1. The maximum absolute atomic E-state index is 13.6. The summed E-state index contributed by atoms with van der Waals surface area (Å²) in [5, 5.41) is 10.4. The molecule has 0 spiro atoms. The summed E-state index contributed by atoms with van der Waals surface area (Å²) in [5.74, 6) is -0.194. The van der Waals surface area contributed by atoms with E-state index in [-0.39, 0.29) is 11.3 Å². The number of hydrogen-bond acceptors (Lipinski definition) is 7. The highest BCUT2D eigenvalue weighted by molar-refractivity contribution is 7.13. The number of benzene rings is 3. The van der Waals surface area contributed by atoms with Crippen molar-refractivity contribution in [3.63, 3.8) is 0 Å². The molecule has 0 fully saturated rings. The maximum Gasteiger partial charge on any atom is 0.416 e. The number of carbonyl (C=O) groups excluding carboxylic acids is 3. The van der Waals surface area contributed by atoms with Crippen molar-refractivity contribution in [1.82, 2.24) is 10.3 Å². The molecular weight excluding hydrogens is 657 g/mol. The molecule has 4 rings (SSSR count). The van der Waals surface area contributed by atoms with Crippen molar-refractivity contribution in [2.24, 2.45) is 0 Å². The number of amides is 3. The van der Waals surface area contributed by atoms with Gasteiger partial charge in [-0.05, 0) is 114 Å². The number of rotatable bonds is 8. The summed E-state index contributed by atoms with van der Waals surface area (Å²) in [6, 6.07) is 14.6. The number of aromatic nitrogens is 1. The van der Waals surface area contributed by atoms with Gasteiger partial charge in [-0.3, -0.25) is 10.1 Å². The Morgan fingerprint density at radius 1 is 0.837 bits per heavy atom. The summed E-state index contributed by atoms with van der Waals surface area (Å²) in [4.78, 5) is 42.9. The Kier molecular flexibility index (Phi) is 11.1.